The molecular formula is C20H34ClIN4O3. The fourth-order valence-electron chi connectivity index (χ4n) is 3.12. The van der Waals surface area contributed by atoms with Crippen LogP contribution in [0.1, 0.15) is 25.5 Å². The lowest BCUT2D eigenvalue weighted by Crippen LogP contribution is -2.48. The largest absolute Gasteiger partial charge is 0.387 e. The van der Waals surface area contributed by atoms with E-state index in [4.69, 9.17) is 21.1 Å². The molecule has 1 fully saturated rings. The minimum absolute atomic E-state index is 0. The van der Waals surface area contributed by atoms with Crippen molar-refractivity contribution in [2.45, 2.75) is 25.6 Å². The Labute approximate surface area is 196 Å². The van der Waals surface area contributed by atoms with Gasteiger partial charge in [0.2, 0.25) is 0 Å². The summed E-state index contributed by atoms with van der Waals surface area (Å²) >= 11 is 6.09. The molecule has 1 aliphatic heterocycles. The number of methoxy groups -OCH3 is 1. The van der Waals surface area contributed by atoms with Gasteiger partial charge in [-0.05, 0) is 31.5 Å². The topological polar surface area (TPSA) is 78.4 Å². The molecule has 0 aromatic heterocycles. The van der Waals surface area contributed by atoms with Crippen LogP contribution in [0.3, 0.4) is 0 Å². The van der Waals surface area contributed by atoms with E-state index in [1.807, 2.05) is 38.1 Å². The molecule has 0 amide bonds. The van der Waals surface area contributed by atoms with Crippen LogP contribution in [0.25, 0.3) is 0 Å². The van der Waals surface area contributed by atoms with Gasteiger partial charge in [0.25, 0.3) is 0 Å². The molecular weight excluding hydrogens is 507 g/mol. The highest BCUT2D eigenvalue weighted by atomic mass is 127. The first-order chi connectivity index (χ1) is 13.4. The predicted molar refractivity (Wildman–Crippen MR) is 128 cm³/mol. The van der Waals surface area contributed by atoms with Crippen molar-refractivity contribution in [3.8, 4) is 0 Å². The van der Waals surface area contributed by atoms with Crippen LogP contribution in [-0.2, 0) is 9.47 Å². The summed E-state index contributed by atoms with van der Waals surface area (Å²) < 4.78 is 11.0. The quantitative estimate of drug-likeness (QED) is 0.253. The van der Waals surface area contributed by atoms with Gasteiger partial charge < -0.3 is 25.2 Å². The zero-order valence-electron chi connectivity index (χ0n) is 17.5. The van der Waals surface area contributed by atoms with Gasteiger partial charge in [0, 0.05) is 44.9 Å². The van der Waals surface area contributed by atoms with E-state index in [0.29, 0.717) is 43.8 Å². The molecule has 29 heavy (non-hydrogen) atoms. The second kappa shape index (κ2) is 13.6. The Kier molecular flexibility index (Phi) is 12.4. The van der Waals surface area contributed by atoms with E-state index in [2.05, 4.69) is 20.5 Å². The Morgan fingerprint density at radius 2 is 2.10 bits per heavy atom. The summed E-state index contributed by atoms with van der Waals surface area (Å²) in [5.74, 6) is 0.647. The molecule has 1 heterocycles. The molecule has 2 atom stereocenters. The number of β-amino-alcohol motifs (C(OH)–C–C–N with tert-alkyl or cyclic N) is 1. The smallest absolute Gasteiger partial charge is 0.191 e. The maximum absolute atomic E-state index is 10.7. The van der Waals surface area contributed by atoms with Gasteiger partial charge in [0.1, 0.15) is 0 Å². The molecule has 2 rings (SSSR count). The molecule has 9 heteroatoms. The molecule has 7 nitrogen and oxygen atoms in total. The van der Waals surface area contributed by atoms with Crippen LogP contribution in [-0.4, -0.2) is 81.2 Å². The molecule has 1 aromatic rings. The lowest BCUT2D eigenvalue weighted by molar-refractivity contribution is -0.0180. The Hall–Kier alpha value is -0.650. The lowest BCUT2D eigenvalue weighted by Gasteiger charge is -2.33. The van der Waals surface area contributed by atoms with E-state index in [1.54, 1.807) is 7.11 Å². The van der Waals surface area contributed by atoms with E-state index in [1.165, 1.54) is 0 Å². The van der Waals surface area contributed by atoms with Crippen LogP contribution in [0, 0.1) is 0 Å². The minimum Gasteiger partial charge on any atom is -0.387 e. The van der Waals surface area contributed by atoms with Crippen LogP contribution in [0.4, 0.5) is 0 Å². The first-order valence-corrected chi connectivity index (χ1v) is 10.1. The van der Waals surface area contributed by atoms with E-state index < -0.39 is 5.60 Å². The van der Waals surface area contributed by atoms with Crippen LogP contribution >= 0.6 is 35.6 Å². The number of hydrogen-bond acceptors (Lipinski definition) is 5. The standard InChI is InChI=1S/C20H33ClN4O3.HI/c1-4-22-19(23-13-18(27-3)16-6-5-7-17(21)12-16)24-14-20(2,26)15-25-8-10-28-11-9-25;/h5-7,12,18,26H,4,8-11,13-15H2,1-3H3,(H2,22,23,24);1H. The number of aliphatic hydroxyl groups is 1. The van der Waals surface area contributed by atoms with Crippen molar-refractivity contribution in [3.05, 3.63) is 34.9 Å². The van der Waals surface area contributed by atoms with Gasteiger partial charge in [-0.15, -0.1) is 24.0 Å². The average molecular weight is 541 g/mol. The van der Waals surface area contributed by atoms with Gasteiger partial charge in [-0.25, -0.2) is 0 Å². The van der Waals surface area contributed by atoms with Gasteiger partial charge in [-0.1, -0.05) is 23.7 Å². The highest BCUT2D eigenvalue weighted by Crippen LogP contribution is 2.19. The van der Waals surface area contributed by atoms with Crippen molar-refractivity contribution in [2.75, 3.05) is 59.6 Å². The highest BCUT2D eigenvalue weighted by Gasteiger charge is 2.25. The van der Waals surface area contributed by atoms with Crippen LogP contribution in [0.2, 0.25) is 5.02 Å². The average Bonchev–Trinajstić information content (AvgIpc) is 2.67. The first kappa shape index (κ1) is 26.4. The number of aliphatic imine (C=N–C) groups is 1. The Bertz CT molecular complexity index is 627. The summed E-state index contributed by atoms with van der Waals surface area (Å²) in [4.78, 5) is 6.78. The molecule has 3 N–H and O–H groups in total. The minimum atomic E-state index is -0.909. The van der Waals surface area contributed by atoms with E-state index in [0.717, 1.165) is 25.2 Å². The monoisotopic (exact) mass is 540 g/mol. The lowest BCUT2D eigenvalue weighted by atomic mass is 10.1. The summed E-state index contributed by atoms with van der Waals surface area (Å²) in [7, 11) is 1.67. The van der Waals surface area contributed by atoms with Crippen molar-refractivity contribution in [3.63, 3.8) is 0 Å². The molecule has 0 radical (unpaired) electrons. The molecule has 166 valence electrons. The van der Waals surface area contributed by atoms with Crippen LogP contribution in [0.5, 0.6) is 0 Å². The number of nitrogens with zero attached hydrogens (tertiary/aromatic N) is 2. The van der Waals surface area contributed by atoms with Crippen molar-refractivity contribution in [2.24, 2.45) is 4.99 Å². The number of nitrogens with one attached hydrogen (secondary N) is 2. The van der Waals surface area contributed by atoms with Gasteiger partial charge in [-0.2, -0.15) is 0 Å². The number of benzene rings is 1. The zero-order valence-corrected chi connectivity index (χ0v) is 20.6. The summed E-state index contributed by atoms with van der Waals surface area (Å²) in [6.07, 6.45) is -0.156. The van der Waals surface area contributed by atoms with Crippen molar-refractivity contribution >= 4 is 41.5 Å². The van der Waals surface area contributed by atoms with Gasteiger partial charge in [0.05, 0.1) is 31.5 Å². The summed E-state index contributed by atoms with van der Waals surface area (Å²) in [5.41, 5.74) is 0.0884. The van der Waals surface area contributed by atoms with Crippen LogP contribution in [0.15, 0.2) is 29.3 Å². The SMILES string of the molecule is CCNC(=NCC(C)(O)CN1CCOCC1)NCC(OC)c1cccc(Cl)c1.I. The maximum atomic E-state index is 10.7. The second-order valence-corrected chi connectivity index (χ2v) is 7.68. The fraction of sp³-hybridized carbons (Fsp3) is 0.650. The van der Waals surface area contributed by atoms with E-state index in [9.17, 15) is 5.11 Å². The third-order valence-electron chi connectivity index (χ3n) is 4.55. The molecule has 2 unspecified atom stereocenters. The molecule has 0 spiro atoms. The van der Waals surface area contributed by atoms with E-state index >= 15 is 0 Å². The number of morpholine rings is 1. The molecule has 0 aliphatic carbocycles. The van der Waals surface area contributed by atoms with E-state index in [-0.39, 0.29) is 30.1 Å². The normalized spacial score (nSPS) is 18.4. The number of hydrogen-bond donors (Lipinski definition) is 3. The summed E-state index contributed by atoms with van der Waals surface area (Å²) in [6, 6.07) is 7.63. The van der Waals surface area contributed by atoms with Crippen LogP contribution < -0.4 is 10.6 Å². The number of halogens is 2. The third-order valence-corrected chi connectivity index (χ3v) is 4.78. The number of rotatable bonds is 9. The number of guanidine groups is 1. The first-order valence-electron chi connectivity index (χ1n) is 9.76. The van der Waals surface area contributed by atoms with Gasteiger partial charge in [0.15, 0.2) is 5.96 Å². The molecule has 1 aliphatic rings. The number of ether oxygens (including phenoxy) is 2. The molecule has 1 aromatic carbocycles. The third kappa shape index (κ3) is 9.80. The Morgan fingerprint density at radius 3 is 2.72 bits per heavy atom. The highest BCUT2D eigenvalue weighted by molar-refractivity contribution is 14.0. The molecule has 1 saturated heterocycles. The van der Waals surface area contributed by atoms with Gasteiger partial charge in [-0.3, -0.25) is 9.89 Å². The summed E-state index contributed by atoms with van der Waals surface area (Å²) in [6.45, 7) is 9.07. The van der Waals surface area contributed by atoms with Crippen molar-refractivity contribution < 1.29 is 14.6 Å². The zero-order chi connectivity index (χ0) is 20.4. The molecule has 0 bridgehead atoms. The molecule has 0 saturated carbocycles. The van der Waals surface area contributed by atoms with Gasteiger partial charge >= 0.3 is 0 Å². The maximum Gasteiger partial charge on any atom is 0.191 e. The Balaban J connectivity index is 0.00000420. The van der Waals surface area contributed by atoms with Crippen molar-refractivity contribution in [1.82, 2.24) is 15.5 Å². The summed E-state index contributed by atoms with van der Waals surface area (Å²) in [5, 5.41) is 17.9. The Morgan fingerprint density at radius 1 is 1.38 bits per heavy atom. The van der Waals surface area contributed by atoms with Crippen molar-refractivity contribution in [1.29, 1.82) is 0 Å². The second-order valence-electron chi connectivity index (χ2n) is 7.24. The predicted octanol–water partition coefficient (Wildman–Crippen LogP) is 2.28. The fourth-order valence-corrected chi connectivity index (χ4v) is 3.31.